The first kappa shape index (κ1) is 24.7. The molecule has 7 nitrogen and oxygen atoms in total. The summed E-state index contributed by atoms with van der Waals surface area (Å²) in [7, 11) is 0. The molecule has 37 heavy (non-hydrogen) atoms. The molecule has 2 amide bonds. The first-order valence-electron chi connectivity index (χ1n) is 14.0. The molecule has 7 rings (SSSR count). The van der Waals surface area contributed by atoms with E-state index in [0.29, 0.717) is 24.8 Å². The summed E-state index contributed by atoms with van der Waals surface area (Å²) in [6, 6.07) is 8.49. The van der Waals surface area contributed by atoms with Crippen molar-refractivity contribution in [2.45, 2.75) is 42.1 Å². The van der Waals surface area contributed by atoms with Crippen LogP contribution in [0.1, 0.15) is 38.5 Å². The zero-order valence-electron chi connectivity index (χ0n) is 21.1. The molecule has 1 N–H and O–H groups in total. The Morgan fingerprint density at radius 1 is 1.00 bits per heavy atom. The fourth-order valence-electron chi connectivity index (χ4n) is 8.25. The Morgan fingerprint density at radius 2 is 1.70 bits per heavy atom. The molecule has 2 aromatic rings. The number of piperazine rings is 1. The van der Waals surface area contributed by atoms with Gasteiger partial charge in [-0.3, -0.25) is 19.4 Å². The zero-order chi connectivity index (χ0) is 25.3. The lowest BCUT2D eigenvalue weighted by molar-refractivity contribution is -0.142. The lowest BCUT2D eigenvalue weighted by Gasteiger charge is -2.40. The summed E-state index contributed by atoms with van der Waals surface area (Å²) in [5.74, 6) is 1.75. The fourth-order valence-corrected chi connectivity index (χ4v) is 10.3. The van der Waals surface area contributed by atoms with Gasteiger partial charge in [-0.05, 0) is 89.7 Å². The molecule has 5 aliphatic rings. The summed E-state index contributed by atoms with van der Waals surface area (Å²) < 4.78 is 5.18. The fraction of sp³-hybridized carbons (Fsp3) is 0.679. The second-order valence-electron chi connectivity index (χ2n) is 12.1. The number of imide groups is 1. The smallest absolute Gasteiger partial charge is 0.233 e. The van der Waals surface area contributed by atoms with Gasteiger partial charge in [0.15, 0.2) is 0 Å². The third kappa shape index (κ3) is 4.14. The van der Waals surface area contributed by atoms with Gasteiger partial charge in [-0.1, -0.05) is 25.0 Å². The second kappa shape index (κ2) is 9.41. The van der Waals surface area contributed by atoms with E-state index in [1.54, 1.807) is 16.4 Å². The normalized spacial score (nSPS) is 38.2. The van der Waals surface area contributed by atoms with Crippen molar-refractivity contribution in [3.05, 3.63) is 24.3 Å². The first-order valence-corrected chi connectivity index (χ1v) is 15.8. The number of likely N-dealkylation sites (tertiary alicyclic amines) is 1. The number of amides is 2. The second-order valence-corrected chi connectivity index (χ2v) is 14.7. The van der Waals surface area contributed by atoms with Crippen LogP contribution in [0.3, 0.4) is 0 Å². The highest BCUT2D eigenvalue weighted by molar-refractivity contribution is 14.1. The van der Waals surface area contributed by atoms with E-state index in [0.717, 1.165) is 51.4 Å². The maximum atomic E-state index is 13.5. The number of halogens is 1. The van der Waals surface area contributed by atoms with Gasteiger partial charge in [0.1, 0.15) is 9.43 Å². The largest absolute Gasteiger partial charge is 0.379 e. The van der Waals surface area contributed by atoms with Crippen molar-refractivity contribution >= 4 is 61.8 Å². The quantitative estimate of drug-likeness (QED) is 0.305. The Labute approximate surface area is 235 Å². The maximum absolute atomic E-state index is 13.5. The van der Waals surface area contributed by atoms with Crippen molar-refractivity contribution in [3.8, 4) is 0 Å². The Morgan fingerprint density at radius 3 is 2.49 bits per heavy atom. The summed E-state index contributed by atoms with van der Waals surface area (Å²) in [5.41, 5.74) is 0. The number of hydrogen-bond donors (Lipinski definition) is 1. The molecule has 1 aromatic carbocycles. The monoisotopic (exact) mass is 634 g/mol. The van der Waals surface area contributed by atoms with E-state index in [9.17, 15) is 14.7 Å². The van der Waals surface area contributed by atoms with Crippen LogP contribution >= 0.6 is 34.1 Å². The number of anilines is 1. The minimum Gasteiger partial charge on any atom is -0.379 e. The van der Waals surface area contributed by atoms with E-state index in [4.69, 9.17) is 4.37 Å². The Balaban J connectivity index is 0.991. The van der Waals surface area contributed by atoms with Crippen LogP contribution in [-0.4, -0.2) is 74.0 Å². The first-order chi connectivity index (χ1) is 17.9. The highest BCUT2D eigenvalue weighted by Gasteiger charge is 2.67. The highest BCUT2D eigenvalue weighted by Crippen LogP contribution is 2.62. The van der Waals surface area contributed by atoms with Gasteiger partial charge >= 0.3 is 0 Å². The molecule has 5 fully saturated rings. The van der Waals surface area contributed by atoms with E-state index in [1.807, 2.05) is 0 Å². The number of aliphatic hydroxyl groups is 1. The van der Waals surface area contributed by atoms with Gasteiger partial charge in [0.2, 0.25) is 11.8 Å². The van der Waals surface area contributed by atoms with Gasteiger partial charge in [0, 0.05) is 50.6 Å². The number of carbonyl (C=O) groups excluding carboxylic acids is 2. The molecule has 7 atom stereocenters. The molecular weight excluding hydrogens is 599 g/mol. The maximum Gasteiger partial charge on any atom is 0.233 e. The van der Waals surface area contributed by atoms with Crippen LogP contribution in [0.15, 0.2) is 24.3 Å². The average Bonchev–Trinajstić information content (AvgIpc) is 3.62. The van der Waals surface area contributed by atoms with Crippen LogP contribution in [-0.2, 0) is 9.59 Å². The topological polar surface area (TPSA) is 77.0 Å². The number of fused-ring (bicyclic) bond motifs is 6. The van der Waals surface area contributed by atoms with E-state index in [-0.39, 0.29) is 35.5 Å². The SMILES string of the molecule is O=C1[C@H]2[C@H]3C[C@@H]([C@H]2C(=O)N1CC1CCCCC1CN1CCN(c2nsc4ccccc24)CC1)C(O)(I)C3. The van der Waals surface area contributed by atoms with Gasteiger partial charge in [0.05, 0.1) is 16.5 Å². The van der Waals surface area contributed by atoms with Gasteiger partial charge in [-0.2, -0.15) is 4.37 Å². The zero-order valence-corrected chi connectivity index (χ0v) is 24.1. The van der Waals surface area contributed by atoms with Crippen LogP contribution in [0, 0.1) is 35.5 Å². The van der Waals surface area contributed by atoms with Crippen LogP contribution in [0.4, 0.5) is 5.82 Å². The lowest BCUT2D eigenvalue weighted by Crippen LogP contribution is -2.49. The van der Waals surface area contributed by atoms with E-state index >= 15 is 0 Å². The summed E-state index contributed by atoms with van der Waals surface area (Å²) >= 11 is 3.70. The van der Waals surface area contributed by atoms with Crippen molar-refractivity contribution in [3.63, 3.8) is 0 Å². The molecule has 2 saturated heterocycles. The molecule has 3 saturated carbocycles. The molecule has 0 radical (unpaired) electrons. The molecular formula is C28H35IN4O3S. The van der Waals surface area contributed by atoms with Crippen molar-refractivity contribution in [1.82, 2.24) is 14.2 Å². The van der Waals surface area contributed by atoms with Crippen LogP contribution in [0.5, 0.6) is 0 Å². The van der Waals surface area contributed by atoms with Gasteiger partial charge in [-0.25, -0.2) is 0 Å². The molecule has 0 spiro atoms. The highest BCUT2D eigenvalue weighted by atomic mass is 127. The number of rotatable bonds is 5. The summed E-state index contributed by atoms with van der Waals surface area (Å²) in [6.07, 6.45) is 6.20. The van der Waals surface area contributed by atoms with Crippen molar-refractivity contribution < 1.29 is 14.7 Å². The van der Waals surface area contributed by atoms with Crippen LogP contribution < -0.4 is 4.90 Å². The molecule has 9 heteroatoms. The number of nitrogens with zero attached hydrogens (tertiary/aromatic N) is 4. The van der Waals surface area contributed by atoms with Gasteiger partial charge in [-0.15, -0.1) is 0 Å². The number of carbonyl (C=O) groups is 2. The number of benzene rings is 1. The van der Waals surface area contributed by atoms with Crippen molar-refractivity contribution in [2.24, 2.45) is 35.5 Å². The molecule has 3 aliphatic carbocycles. The van der Waals surface area contributed by atoms with E-state index in [1.165, 1.54) is 29.3 Å². The molecule has 3 unspecified atom stereocenters. The van der Waals surface area contributed by atoms with Crippen LogP contribution in [0.25, 0.3) is 10.1 Å². The Kier molecular flexibility index (Phi) is 6.29. The number of hydrogen-bond acceptors (Lipinski definition) is 7. The van der Waals surface area contributed by atoms with Gasteiger partial charge < -0.3 is 10.0 Å². The summed E-state index contributed by atoms with van der Waals surface area (Å²) in [6.45, 7) is 5.66. The lowest BCUT2D eigenvalue weighted by atomic mass is 9.78. The van der Waals surface area contributed by atoms with Gasteiger partial charge in [0.25, 0.3) is 0 Å². The number of aromatic nitrogens is 1. The predicted octanol–water partition coefficient (Wildman–Crippen LogP) is 3.99. The minimum atomic E-state index is -0.824. The third-order valence-electron chi connectivity index (χ3n) is 10.1. The average molecular weight is 635 g/mol. The minimum absolute atomic E-state index is 0.00529. The van der Waals surface area contributed by atoms with Crippen molar-refractivity contribution in [2.75, 3.05) is 44.2 Å². The molecule has 2 bridgehead atoms. The number of alkyl halides is 1. The molecule has 198 valence electrons. The van der Waals surface area contributed by atoms with Crippen molar-refractivity contribution in [1.29, 1.82) is 0 Å². The standard InChI is InChI=1S/C28H35IN4O3S/c29-28(36)14-19-13-21(28)24-23(19)26(34)33(27(24)35)16-18-6-2-1-5-17(18)15-31-9-11-32(12-10-31)25-20-7-3-4-8-22(20)37-30-25/h3-4,7-8,17-19,21,23-24,36H,1-2,5-6,9-16H2/t17?,18?,19-,21-,23-,24+,28?/m0/s1. The Hall–Kier alpha value is -1.30. The Bertz CT molecular complexity index is 1210. The molecule has 2 aliphatic heterocycles. The molecule has 3 heterocycles. The van der Waals surface area contributed by atoms with Crippen LogP contribution in [0.2, 0.25) is 0 Å². The van der Waals surface area contributed by atoms with E-state index < -0.39 is 3.61 Å². The summed E-state index contributed by atoms with van der Waals surface area (Å²) in [4.78, 5) is 33.5. The molecule has 1 aromatic heterocycles. The summed E-state index contributed by atoms with van der Waals surface area (Å²) in [5, 5.41) is 12.0. The third-order valence-corrected chi connectivity index (χ3v) is 12.2. The predicted molar refractivity (Wildman–Crippen MR) is 153 cm³/mol. The van der Waals surface area contributed by atoms with E-state index in [2.05, 4.69) is 56.7 Å².